The molecule has 0 aliphatic carbocycles. The topological polar surface area (TPSA) is 121 Å². The summed E-state index contributed by atoms with van der Waals surface area (Å²) in [7, 11) is 0. The third kappa shape index (κ3) is 7.87. The van der Waals surface area contributed by atoms with Crippen LogP contribution in [0, 0.1) is 19.3 Å². The predicted molar refractivity (Wildman–Crippen MR) is 151 cm³/mol. The van der Waals surface area contributed by atoms with Crippen molar-refractivity contribution < 1.29 is 29.0 Å². The number of terminal acetylenes is 1. The lowest BCUT2D eigenvalue weighted by molar-refractivity contribution is 0.00238. The summed E-state index contributed by atoms with van der Waals surface area (Å²) in [5.74, 6) is 1.30. The maximum atomic E-state index is 12.9. The fourth-order valence-corrected chi connectivity index (χ4v) is 4.40. The molecule has 40 heavy (non-hydrogen) atoms. The first-order valence-corrected chi connectivity index (χ1v) is 13.3. The molecule has 1 unspecified atom stereocenters. The maximum absolute atomic E-state index is 12.9. The van der Waals surface area contributed by atoms with Crippen LogP contribution < -0.4 is 10.1 Å². The van der Waals surface area contributed by atoms with E-state index in [1.807, 2.05) is 0 Å². The zero-order chi connectivity index (χ0) is 29.6. The Morgan fingerprint density at radius 1 is 1.25 bits per heavy atom. The SMILES string of the molecule is C#C[C@@H]1CN(CC(Oc2cc(C)c(C(=O)O)cc2C(=O)NCC)c2ccc(Cl)cn2)CCN1C(=O)OC(C)(C)C. The van der Waals surface area contributed by atoms with E-state index < -0.39 is 35.7 Å². The number of carbonyl (C=O) groups excluding carboxylic acids is 2. The molecule has 1 fully saturated rings. The first-order chi connectivity index (χ1) is 18.8. The summed E-state index contributed by atoms with van der Waals surface area (Å²) in [6.07, 6.45) is 6.16. The van der Waals surface area contributed by atoms with E-state index in [4.69, 9.17) is 27.5 Å². The van der Waals surface area contributed by atoms with Gasteiger partial charge in [0.05, 0.1) is 21.8 Å². The largest absolute Gasteiger partial charge is 0.482 e. The Kier molecular flexibility index (Phi) is 10.0. The number of hydrogen-bond donors (Lipinski definition) is 2. The van der Waals surface area contributed by atoms with Crippen molar-refractivity contribution >= 4 is 29.6 Å². The second-order valence-corrected chi connectivity index (χ2v) is 10.9. The number of nitrogens with zero attached hydrogens (tertiary/aromatic N) is 3. The molecular formula is C29H35ClN4O6. The van der Waals surface area contributed by atoms with Gasteiger partial charge in [0.25, 0.3) is 5.91 Å². The molecule has 2 amide bonds. The smallest absolute Gasteiger partial charge is 0.411 e. The minimum atomic E-state index is -1.14. The number of carbonyl (C=O) groups is 3. The fourth-order valence-electron chi connectivity index (χ4n) is 4.29. The van der Waals surface area contributed by atoms with Crippen LogP contribution in [0.3, 0.4) is 0 Å². The molecule has 1 saturated heterocycles. The number of hydrogen-bond acceptors (Lipinski definition) is 7. The Bertz CT molecular complexity index is 1290. The van der Waals surface area contributed by atoms with Gasteiger partial charge in [-0.3, -0.25) is 19.6 Å². The number of carboxylic acids is 1. The van der Waals surface area contributed by atoms with Crippen LogP contribution in [0.2, 0.25) is 5.02 Å². The molecule has 0 spiro atoms. The first kappa shape index (κ1) is 30.7. The van der Waals surface area contributed by atoms with Crippen molar-refractivity contribution in [2.75, 3.05) is 32.7 Å². The van der Waals surface area contributed by atoms with E-state index in [2.05, 4.69) is 21.1 Å². The van der Waals surface area contributed by atoms with E-state index in [-0.39, 0.29) is 16.9 Å². The summed E-state index contributed by atoms with van der Waals surface area (Å²) in [6.45, 7) is 10.7. The Morgan fingerprint density at radius 2 is 1.98 bits per heavy atom. The molecule has 2 N–H and O–H groups in total. The van der Waals surface area contributed by atoms with Crippen molar-refractivity contribution in [1.29, 1.82) is 0 Å². The Balaban J connectivity index is 1.92. The standard InChI is InChI=1S/C29H35ClN4O6/c1-7-20-16-33(11-12-34(20)28(38)40-29(4,5)6)17-25(23-10-9-19(30)15-32-23)39-24-13-18(3)21(27(36)37)14-22(24)26(35)31-8-2/h1,9-10,13-15,20,25H,8,11-12,16-17H2,2-6H3,(H,31,35)(H,36,37)/t20-,25?/m1/s1. The molecule has 1 aliphatic heterocycles. The molecule has 2 atom stereocenters. The van der Waals surface area contributed by atoms with Crippen molar-refractivity contribution in [3.05, 3.63) is 57.9 Å². The summed E-state index contributed by atoms with van der Waals surface area (Å²) >= 11 is 6.07. The van der Waals surface area contributed by atoms with Crippen LogP contribution in [0.1, 0.15) is 65.8 Å². The lowest BCUT2D eigenvalue weighted by Crippen LogP contribution is -2.56. The third-order valence-corrected chi connectivity index (χ3v) is 6.42. The maximum Gasteiger partial charge on any atom is 0.411 e. The van der Waals surface area contributed by atoms with E-state index in [1.165, 1.54) is 12.3 Å². The molecule has 1 aliphatic rings. The third-order valence-electron chi connectivity index (χ3n) is 6.20. The minimum absolute atomic E-state index is 0.00453. The number of ether oxygens (including phenoxy) is 2. The monoisotopic (exact) mass is 570 g/mol. The van der Waals surface area contributed by atoms with E-state index in [1.54, 1.807) is 57.7 Å². The van der Waals surface area contributed by atoms with E-state index >= 15 is 0 Å². The number of nitrogens with one attached hydrogen (secondary N) is 1. The van der Waals surface area contributed by atoms with Gasteiger partial charge in [-0.15, -0.1) is 6.42 Å². The summed E-state index contributed by atoms with van der Waals surface area (Å²) < 4.78 is 11.9. The van der Waals surface area contributed by atoms with Crippen molar-refractivity contribution in [3.8, 4) is 18.1 Å². The van der Waals surface area contributed by atoms with Crippen molar-refractivity contribution in [1.82, 2.24) is 20.1 Å². The molecule has 0 radical (unpaired) electrons. The highest BCUT2D eigenvalue weighted by atomic mass is 35.5. The van der Waals surface area contributed by atoms with E-state index in [0.29, 0.717) is 49.0 Å². The number of pyridine rings is 1. The molecule has 1 aromatic heterocycles. The van der Waals surface area contributed by atoms with E-state index in [9.17, 15) is 19.5 Å². The number of carboxylic acid groups (broad SMARTS) is 1. The summed E-state index contributed by atoms with van der Waals surface area (Å²) in [4.78, 5) is 45.4. The number of aryl methyl sites for hydroxylation is 1. The minimum Gasteiger partial charge on any atom is -0.482 e. The number of aromatic carboxylic acids is 1. The highest BCUT2D eigenvalue weighted by Crippen LogP contribution is 2.30. The second kappa shape index (κ2) is 13.0. The average molecular weight is 571 g/mol. The van der Waals surface area contributed by atoms with Gasteiger partial charge in [0.1, 0.15) is 17.4 Å². The average Bonchev–Trinajstić information content (AvgIpc) is 2.87. The molecule has 3 rings (SSSR count). The Labute approximate surface area is 239 Å². The molecule has 214 valence electrons. The highest BCUT2D eigenvalue weighted by Gasteiger charge is 2.34. The van der Waals surface area contributed by atoms with Gasteiger partial charge in [-0.1, -0.05) is 17.5 Å². The predicted octanol–water partition coefficient (Wildman–Crippen LogP) is 4.17. The van der Waals surface area contributed by atoms with Crippen LogP contribution in [0.5, 0.6) is 5.75 Å². The molecule has 1 aromatic carbocycles. The van der Waals surface area contributed by atoms with Gasteiger partial charge in [0.15, 0.2) is 6.10 Å². The number of amides is 2. The highest BCUT2D eigenvalue weighted by molar-refractivity contribution is 6.30. The molecule has 11 heteroatoms. The summed E-state index contributed by atoms with van der Waals surface area (Å²) in [6, 6.07) is 5.76. The van der Waals surface area contributed by atoms with Gasteiger partial charge >= 0.3 is 12.1 Å². The molecule has 0 saturated carbocycles. The van der Waals surface area contributed by atoms with Crippen LogP contribution in [0.25, 0.3) is 0 Å². The Hall–Kier alpha value is -3.81. The van der Waals surface area contributed by atoms with Crippen LogP contribution >= 0.6 is 11.6 Å². The van der Waals surface area contributed by atoms with Crippen molar-refractivity contribution in [3.63, 3.8) is 0 Å². The van der Waals surface area contributed by atoms with Gasteiger partial charge < -0.3 is 19.9 Å². The van der Waals surface area contributed by atoms with Crippen LogP contribution in [-0.2, 0) is 4.74 Å². The van der Waals surface area contributed by atoms with Gasteiger partial charge in [-0.2, -0.15) is 0 Å². The van der Waals surface area contributed by atoms with E-state index in [0.717, 1.165) is 0 Å². The number of rotatable bonds is 8. The number of piperazine rings is 1. The molecule has 2 aromatic rings. The van der Waals surface area contributed by atoms with Gasteiger partial charge in [0, 0.05) is 38.9 Å². The number of benzene rings is 1. The Morgan fingerprint density at radius 3 is 2.55 bits per heavy atom. The lowest BCUT2D eigenvalue weighted by Gasteiger charge is -2.40. The van der Waals surface area contributed by atoms with Crippen molar-refractivity contribution in [2.45, 2.75) is 52.4 Å². The van der Waals surface area contributed by atoms with Crippen LogP contribution in [0.15, 0.2) is 30.5 Å². The quantitative estimate of drug-likeness (QED) is 0.454. The number of halogens is 1. The molecule has 2 heterocycles. The zero-order valence-corrected chi connectivity index (χ0v) is 24.1. The fraction of sp³-hybridized carbons (Fsp3) is 0.448. The van der Waals surface area contributed by atoms with Crippen LogP contribution in [0.4, 0.5) is 4.79 Å². The molecule has 10 nitrogen and oxygen atoms in total. The molecular weight excluding hydrogens is 536 g/mol. The van der Waals surface area contributed by atoms with Crippen molar-refractivity contribution in [2.24, 2.45) is 0 Å². The summed E-state index contributed by atoms with van der Waals surface area (Å²) in [5.41, 5.74) is 0.447. The normalized spacial score (nSPS) is 16.5. The summed E-state index contributed by atoms with van der Waals surface area (Å²) in [5, 5.41) is 12.8. The van der Waals surface area contributed by atoms with Gasteiger partial charge in [0.2, 0.25) is 0 Å². The van der Waals surface area contributed by atoms with Crippen LogP contribution in [-0.4, -0.2) is 82.2 Å². The molecule has 0 bridgehead atoms. The lowest BCUT2D eigenvalue weighted by atomic mass is 10.0. The number of aromatic nitrogens is 1. The second-order valence-electron chi connectivity index (χ2n) is 10.5. The van der Waals surface area contributed by atoms with Gasteiger partial charge in [-0.05, 0) is 64.4 Å². The zero-order valence-electron chi connectivity index (χ0n) is 23.4. The first-order valence-electron chi connectivity index (χ1n) is 12.9. The van der Waals surface area contributed by atoms with Gasteiger partial charge in [-0.25, -0.2) is 9.59 Å².